The van der Waals surface area contributed by atoms with E-state index in [-0.39, 0.29) is 18.0 Å². The zero-order chi connectivity index (χ0) is 19.2. The fourth-order valence-electron chi connectivity index (χ4n) is 4.06. The van der Waals surface area contributed by atoms with E-state index < -0.39 is 0 Å². The number of urea groups is 1. The third-order valence-corrected chi connectivity index (χ3v) is 5.48. The molecule has 0 aromatic heterocycles. The molecule has 3 aliphatic heterocycles. The van der Waals surface area contributed by atoms with Crippen molar-refractivity contribution in [1.29, 1.82) is 0 Å². The van der Waals surface area contributed by atoms with Crippen LogP contribution in [0.2, 0.25) is 0 Å². The van der Waals surface area contributed by atoms with Gasteiger partial charge in [0.2, 0.25) is 5.91 Å². The van der Waals surface area contributed by atoms with Gasteiger partial charge in [-0.3, -0.25) is 4.79 Å². The second-order valence-electron chi connectivity index (χ2n) is 7.87. The number of rotatable bonds is 6. The lowest BCUT2D eigenvalue weighted by Crippen LogP contribution is -2.48. The van der Waals surface area contributed by atoms with Crippen LogP contribution in [0.25, 0.3) is 0 Å². The summed E-state index contributed by atoms with van der Waals surface area (Å²) < 4.78 is 5.69. The van der Waals surface area contributed by atoms with Crippen molar-refractivity contribution >= 4 is 11.9 Å². The van der Waals surface area contributed by atoms with Crippen molar-refractivity contribution < 1.29 is 14.3 Å². The topological polar surface area (TPSA) is 53.1 Å². The van der Waals surface area contributed by atoms with Gasteiger partial charge in [-0.2, -0.15) is 0 Å². The maximum atomic E-state index is 12.7. The summed E-state index contributed by atoms with van der Waals surface area (Å²) in [5.74, 6) is 0.595. The number of piperidine rings is 1. The van der Waals surface area contributed by atoms with Crippen LogP contribution in [0, 0.1) is 5.92 Å². The number of hydrogen-bond acceptors (Lipinski definition) is 3. The summed E-state index contributed by atoms with van der Waals surface area (Å²) in [5, 5.41) is 0. The third-order valence-electron chi connectivity index (χ3n) is 5.48. The normalized spacial score (nSPS) is 21.9. The van der Waals surface area contributed by atoms with Crippen molar-refractivity contribution in [3.63, 3.8) is 0 Å². The smallest absolute Gasteiger partial charge is 0.319 e. The van der Waals surface area contributed by atoms with Crippen molar-refractivity contribution in [1.82, 2.24) is 14.7 Å². The largest absolute Gasteiger partial charge is 0.377 e. The van der Waals surface area contributed by atoms with Crippen LogP contribution < -0.4 is 0 Å². The summed E-state index contributed by atoms with van der Waals surface area (Å²) in [7, 11) is 3.57. The molecule has 3 heterocycles. The van der Waals surface area contributed by atoms with Gasteiger partial charge in [0, 0.05) is 52.8 Å². The second kappa shape index (κ2) is 9.22. The minimum atomic E-state index is 0.0514. The quantitative estimate of drug-likeness (QED) is 0.720. The molecule has 3 saturated heterocycles. The maximum absolute atomic E-state index is 12.7. The fraction of sp³-hybridized carbons (Fsp3) is 0.619. The van der Waals surface area contributed by atoms with E-state index in [2.05, 4.69) is 0 Å². The summed E-state index contributed by atoms with van der Waals surface area (Å²) >= 11 is 0. The van der Waals surface area contributed by atoms with Crippen LogP contribution in [-0.4, -0.2) is 73.0 Å². The van der Waals surface area contributed by atoms with Gasteiger partial charge in [0.1, 0.15) is 0 Å². The SMILES string of the molecule is CN(C)C(=O)N1C[C@@H]2CC[C@H](C1)N(C(=O)CCCOCc1ccccc1)C2. The Morgan fingerprint density at radius 2 is 1.89 bits per heavy atom. The summed E-state index contributed by atoms with van der Waals surface area (Å²) in [5.41, 5.74) is 1.15. The molecule has 0 spiro atoms. The van der Waals surface area contributed by atoms with Gasteiger partial charge in [-0.05, 0) is 30.7 Å². The minimum Gasteiger partial charge on any atom is -0.377 e. The first kappa shape index (κ1) is 19.7. The molecule has 4 rings (SSSR count). The van der Waals surface area contributed by atoms with Gasteiger partial charge >= 0.3 is 6.03 Å². The molecule has 6 nitrogen and oxygen atoms in total. The van der Waals surface area contributed by atoms with E-state index in [9.17, 15) is 9.59 Å². The van der Waals surface area contributed by atoms with Gasteiger partial charge < -0.3 is 19.4 Å². The van der Waals surface area contributed by atoms with Gasteiger partial charge in [0.05, 0.1) is 6.61 Å². The molecule has 0 aliphatic carbocycles. The Bertz CT molecular complexity index is 635. The molecule has 27 heavy (non-hydrogen) atoms. The Balaban J connectivity index is 1.44. The Morgan fingerprint density at radius 1 is 1.11 bits per heavy atom. The monoisotopic (exact) mass is 373 g/mol. The van der Waals surface area contributed by atoms with E-state index in [0.29, 0.717) is 32.1 Å². The number of carbonyl (C=O) groups is 2. The number of fused-ring (bicyclic) bond motifs is 4. The van der Waals surface area contributed by atoms with Crippen LogP contribution in [0.1, 0.15) is 31.2 Å². The Morgan fingerprint density at radius 3 is 2.63 bits per heavy atom. The van der Waals surface area contributed by atoms with E-state index in [0.717, 1.165) is 37.9 Å². The molecule has 0 N–H and O–H groups in total. The molecule has 2 bridgehead atoms. The highest BCUT2D eigenvalue weighted by Crippen LogP contribution is 2.29. The van der Waals surface area contributed by atoms with Crippen molar-refractivity contribution in [2.24, 2.45) is 5.92 Å². The van der Waals surface area contributed by atoms with Crippen LogP contribution in [0.5, 0.6) is 0 Å². The van der Waals surface area contributed by atoms with Crippen molar-refractivity contribution in [2.45, 2.75) is 38.3 Å². The Kier molecular flexibility index (Phi) is 6.72. The highest BCUT2D eigenvalue weighted by atomic mass is 16.5. The van der Waals surface area contributed by atoms with Crippen LogP contribution >= 0.6 is 0 Å². The minimum absolute atomic E-state index is 0.0514. The molecule has 0 saturated carbocycles. The predicted octanol–water partition coefficient (Wildman–Crippen LogP) is 2.59. The summed E-state index contributed by atoms with van der Waals surface area (Å²) in [6.45, 7) is 3.38. The van der Waals surface area contributed by atoms with Gasteiger partial charge in [-0.15, -0.1) is 0 Å². The molecule has 3 amide bonds. The molecule has 1 aromatic rings. The second-order valence-corrected chi connectivity index (χ2v) is 7.87. The lowest BCUT2D eigenvalue weighted by Gasteiger charge is -2.36. The van der Waals surface area contributed by atoms with Gasteiger partial charge in [-0.25, -0.2) is 4.79 Å². The highest BCUT2D eigenvalue weighted by Gasteiger charge is 2.38. The lowest BCUT2D eigenvalue weighted by atomic mass is 9.94. The number of nitrogens with zero attached hydrogens (tertiary/aromatic N) is 3. The van der Waals surface area contributed by atoms with E-state index >= 15 is 0 Å². The number of hydrogen-bond donors (Lipinski definition) is 0. The van der Waals surface area contributed by atoms with Crippen molar-refractivity contribution in [3.8, 4) is 0 Å². The molecule has 2 atom stereocenters. The van der Waals surface area contributed by atoms with Gasteiger partial charge in [0.25, 0.3) is 0 Å². The molecular formula is C21H31N3O3. The average Bonchev–Trinajstić information content (AvgIpc) is 2.99. The zero-order valence-corrected chi connectivity index (χ0v) is 16.5. The Labute approximate surface area is 162 Å². The summed E-state index contributed by atoms with van der Waals surface area (Å²) in [6, 6.07) is 10.3. The molecule has 148 valence electrons. The third kappa shape index (κ3) is 5.22. The molecule has 0 unspecified atom stereocenters. The molecule has 0 radical (unpaired) electrons. The fourth-order valence-corrected chi connectivity index (χ4v) is 4.06. The molecule has 6 heteroatoms. The average molecular weight is 373 g/mol. The van der Waals surface area contributed by atoms with Crippen molar-refractivity contribution in [2.75, 3.05) is 40.3 Å². The first-order valence-electron chi connectivity index (χ1n) is 9.92. The van der Waals surface area contributed by atoms with Gasteiger partial charge in [-0.1, -0.05) is 30.3 Å². The van der Waals surface area contributed by atoms with E-state index in [1.807, 2.05) is 40.1 Å². The maximum Gasteiger partial charge on any atom is 0.319 e. The molecule has 1 aromatic carbocycles. The summed E-state index contributed by atoms with van der Waals surface area (Å²) in [6.07, 6.45) is 3.35. The number of benzene rings is 1. The van der Waals surface area contributed by atoms with Crippen LogP contribution in [0.4, 0.5) is 4.79 Å². The first-order valence-corrected chi connectivity index (χ1v) is 9.92. The van der Waals surface area contributed by atoms with E-state index in [1.54, 1.807) is 19.0 Å². The standard InChI is InChI=1S/C21H31N3O3/c1-22(2)21(26)23-13-18-10-11-19(15-23)24(14-18)20(25)9-6-12-27-16-17-7-4-3-5-8-17/h3-5,7-8,18-19H,6,9-16H2,1-2H3/t18-,19+/m0/s1. The first-order chi connectivity index (χ1) is 13.0. The van der Waals surface area contributed by atoms with E-state index in [1.165, 1.54) is 0 Å². The molecule has 3 aliphatic rings. The Hall–Kier alpha value is -2.08. The number of carbonyl (C=O) groups excluding carboxylic acids is 2. The van der Waals surface area contributed by atoms with Crippen LogP contribution in [-0.2, 0) is 16.1 Å². The van der Waals surface area contributed by atoms with Crippen LogP contribution in [0.15, 0.2) is 30.3 Å². The number of amides is 3. The van der Waals surface area contributed by atoms with E-state index in [4.69, 9.17) is 4.74 Å². The molecule has 3 fully saturated rings. The number of ether oxygens (including phenoxy) is 1. The van der Waals surface area contributed by atoms with Crippen LogP contribution in [0.3, 0.4) is 0 Å². The van der Waals surface area contributed by atoms with Gasteiger partial charge in [0.15, 0.2) is 0 Å². The molecular weight excluding hydrogens is 342 g/mol. The highest BCUT2D eigenvalue weighted by molar-refractivity contribution is 5.77. The van der Waals surface area contributed by atoms with Crippen molar-refractivity contribution in [3.05, 3.63) is 35.9 Å². The predicted molar refractivity (Wildman–Crippen MR) is 104 cm³/mol. The lowest BCUT2D eigenvalue weighted by molar-refractivity contribution is -0.135. The summed E-state index contributed by atoms with van der Waals surface area (Å²) in [4.78, 5) is 30.6. The zero-order valence-electron chi connectivity index (χ0n) is 16.5.